The third kappa shape index (κ3) is 3.50. The average Bonchev–Trinajstić information content (AvgIpc) is 3.24. The second-order valence-corrected chi connectivity index (χ2v) is 6.10. The first kappa shape index (κ1) is 16.7. The molecule has 1 aromatic heterocycles. The van der Waals surface area contributed by atoms with Crippen LogP contribution < -0.4 is 11.1 Å². The summed E-state index contributed by atoms with van der Waals surface area (Å²) in [6.45, 7) is 1.29. The number of amides is 3. The fraction of sp³-hybridized carbons (Fsp3) is 0.125. The number of hydrogen-bond acceptors (Lipinski definition) is 6. The second kappa shape index (κ2) is 6.73. The van der Waals surface area contributed by atoms with Gasteiger partial charge in [-0.2, -0.15) is 5.01 Å². The zero-order chi connectivity index (χ0) is 18.0. The Labute approximate surface area is 146 Å². The summed E-state index contributed by atoms with van der Waals surface area (Å²) < 4.78 is 5.55. The van der Waals surface area contributed by atoms with Gasteiger partial charge >= 0.3 is 0 Å². The highest BCUT2D eigenvalue weighted by Crippen LogP contribution is 2.22. The van der Waals surface area contributed by atoms with Crippen molar-refractivity contribution in [3.05, 3.63) is 52.2 Å². The van der Waals surface area contributed by atoms with E-state index >= 15 is 0 Å². The Morgan fingerprint density at radius 3 is 2.72 bits per heavy atom. The third-order valence-electron chi connectivity index (χ3n) is 3.34. The van der Waals surface area contributed by atoms with Crippen LogP contribution in [-0.4, -0.2) is 34.9 Å². The predicted molar refractivity (Wildman–Crippen MR) is 91.8 cm³/mol. The largest absolute Gasteiger partial charge is 0.440 e. The Kier molecular flexibility index (Phi) is 4.48. The van der Waals surface area contributed by atoms with Crippen LogP contribution in [0.5, 0.6) is 0 Å². The first-order valence-electron chi connectivity index (χ1n) is 7.25. The maximum absolute atomic E-state index is 12.5. The zero-order valence-electron chi connectivity index (χ0n) is 13.1. The molecule has 0 fully saturated rings. The van der Waals surface area contributed by atoms with Crippen LogP contribution in [-0.2, 0) is 14.3 Å². The van der Waals surface area contributed by atoms with Gasteiger partial charge < -0.3 is 15.8 Å². The molecule has 0 radical (unpaired) electrons. The van der Waals surface area contributed by atoms with Gasteiger partial charge in [0.2, 0.25) is 11.8 Å². The highest BCUT2D eigenvalue weighted by molar-refractivity contribution is 7.12. The second-order valence-electron chi connectivity index (χ2n) is 5.15. The maximum atomic E-state index is 12.5. The summed E-state index contributed by atoms with van der Waals surface area (Å²) >= 11 is 1.38. The lowest BCUT2D eigenvalue weighted by molar-refractivity contribution is -0.143. The van der Waals surface area contributed by atoms with E-state index in [4.69, 9.17) is 10.5 Å². The summed E-state index contributed by atoms with van der Waals surface area (Å²) in [7, 11) is 0. The van der Waals surface area contributed by atoms with Gasteiger partial charge in [0, 0.05) is 18.2 Å². The number of carbonyl (C=O) groups excluding carboxylic acids is 3. The molecule has 0 spiro atoms. The highest BCUT2D eigenvalue weighted by Gasteiger charge is 2.37. The molecule has 2 heterocycles. The van der Waals surface area contributed by atoms with Crippen molar-refractivity contribution in [1.82, 2.24) is 5.01 Å². The molecule has 8 nitrogen and oxygen atoms in total. The number of nitrogens with two attached hydrogens (primary N) is 1. The van der Waals surface area contributed by atoms with E-state index < -0.39 is 23.9 Å². The molecular weight excluding hydrogens is 344 g/mol. The van der Waals surface area contributed by atoms with Gasteiger partial charge in [-0.1, -0.05) is 12.1 Å². The van der Waals surface area contributed by atoms with E-state index in [-0.39, 0.29) is 11.5 Å². The molecule has 1 aliphatic heterocycles. The van der Waals surface area contributed by atoms with Crippen molar-refractivity contribution in [1.29, 1.82) is 0 Å². The number of carbonyl (C=O) groups is 3. The molecule has 2 aromatic rings. The number of hydrazone groups is 1. The van der Waals surface area contributed by atoms with Crippen molar-refractivity contribution >= 4 is 40.6 Å². The molecule has 3 N–H and O–H groups in total. The third-order valence-corrected chi connectivity index (χ3v) is 4.20. The maximum Gasteiger partial charge on any atom is 0.289 e. The quantitative estimate of drug-likeness (QED) is 0.858. The van der Waals surface area contributed by atoms with Crippen LogP contribution in [0.15, 0.2) is 46.9 Å². The Morgan fingerprint density at radius 1 is 1.28 bits per heavy atom. The van der Waals surface area contributed by atoms with Crippen LogP contribution in [0.3, 0.4) is 0 Å². The topological polar surface area (TPSA) is 114 Å². The lowest BCUT2D eigenvalue weighted by atomic mass is 10.2. The highest BCUT2D eigenvalue weighted by atomic mass is 32.1. The van der Waals surface area contributed by atoms with E-state index in [0.717, 1.165) is 5.01 Å². The minimum Gasteiger partial charge on any atom is -0.440 e. The predicted octanol–water partition coefficient (Wildman–Crippen LogP) is 1.35. The summed E-state index contributed by atoms with van der Waals surface area (Å²) in [6.07, 6.45) is -1.23. The molecule has 1 unspecified atom stereocenters. The summed E-state index contributed by atoms with van der Waals surface area (Å²) in [5.74, 6) is -1.43. The lowest BCUT2D eigenvalue weighted by Gasteiger charge is -2.18. The monoisotopic (exact) mass is 358 g/mol. The van der Waals surface area contributed by atoms with Gasteiger partial charge in [0.1, 0.15) is 0 Å². The van der Waals surface area contributed by atoms with Crippen LogP contribution in [0.2, 0.25) is 0 Å². The Morgan fingerprint density at radius 2 is 2.08 bits per heavy atom. The van der Waals surface area contributed by atoms with E-state index in [9.17, 15) is 14.4 Å². The molecule has 1 atom stereocenters. The van der Waals surface area contributed by atoms with E-state index in [1.54, 1.807) is 18.2 Å². The number of nitrogens with one attached hydrogen (secondary N) is 1. The standard InChI is InChI=1S/C16H14N4O4S/c1-9(21)20-16(24-15(19-20)12-6-3-7-25-12)14(23)18-11-5-2-4-10(8-11)13(17)22/h2-8,16H,1H3,(H2,17,22)(H,18,23). The number of primary amides is 1. The molecule has 25 heavy (non-hydrogen) atoms. The number of anilines is 1. The number of nitrogens with zero attached hydrogens (tertiary/aromatic N) is 2. The molecule has 9 heteroatoms. The van der Waals surface area contributed by atoms with Gasteiger partial charge in [0.05, 0.1) is 4.88 Å². The molecule has 0 saturated carbocycles. The van der Waals surface area contributed by atoms with Gasteiger partial charge in [-0.05, 0) is 29.6 Å². The van der Waals surface area contributed by atoms with Crippen LogP contribution in [0.4, 0.5) is 5.69 Å². The molecule has 0 bridgehead atoms. The Balaban J connectivity index is 1.78. The van der Waals surface area contributed by atoms with Gasteiger partial charge in [-0.15, -0.1) is 16.4 Å². The number of hydrogen-bond donors (Lipinski definition) is 2. The number of benzene rings is 1. The van der Waals surface area contributed by atoms with Crippen molar-refractivity contribution in [2.24, 2.45) is 10.8 Å². The summed E-state index contributed by atoms with van der Waals surface area (Å²) in [5, 5.41) is 9.48. The average molecular weight is 358 g/mol. The first-order chi connectivity index (χ1) is 12.0. The van der Waals surface area contributed by atoms with Crippen LogP contribution in [0.25, 0.3) is 0 Å². The fourth-order valence-electron chi connectivity index (χ4n) is 2.19. The molecule has 3 rings (SSSR count). The summed E-state index contributed by atoms with van der Waals surface area (Å²) in [4.78, 5) is 36.2. The number of ether oxygens (including phenoxy) is 1. The number of rotatable bonds is 4. The number of thiophene rings is 1. The molecule has 1 aliphatic rings. The van der Waals surface area contributed by atoms with E-state index in [1.807, 2.05) is 11.4 Å². The van der Waals surface area contributed by atoms with E-state index in [2.05, 4.69) is 10.4 Å². The van der Waals surface area contributed by atoms with Crippen molar-refractivity contribution in [3.8, 4) is 0 Å². The fourth-order valence-corrected chi connectivity index (χ4v) is 2.84. The van der Waals surface area contributed by atoms with Crippen LogP contribution in [0, 0.1) is 0 Å². The van der Waals surface area contributed by atoms with Crippen molar-refractivity contribution in [3.63, 3.8) is 0 Å². The zero-order valence-corrected chi connectivity index (χ0v) is 13.9. The minimum absolute atomic E-state index is 0.205. The van der Waals surface area contributed by atoms with Crippen LogP contribution >= 0.6 is 11.3 Å². The molecule has 128 valence electrons. The molecule has 0 saturated heterocycles. The van der Waals surface area contributed by atoms with E-state index in [1.165, 1.54) is 30.4 Å². The van der Waals surface area contributed by atoms with Gasteiger partial charge in [-0.25, -0.2) is 0 Å². The first-order valence-corrected chi connectivity index (χ1v) is 8.13. The van der Waals surface area contributed by atoms with Gasteiger partial charge in [0.25, 0.3) is 18.0 Å². The molecular formula is C16H14N4O4S. The van der Waals surface area contributed by atoms with Crippen molar-refractivity contribution in [2.45, 2.75) is 13.2 Å². The van der Waals surface area contributed by atoms with Crippen LogP contribution in [0.1, 0.15) is 22.2 Å². The Hall–Kier alpha value is -3.20. The SMILES string of the molecule is CC(=O)N1N=C(c2cccs2)OC1C(=O)Nc1cccc(C(N)=O)c1. The molecule has 0 aliphatic carbocycles. The summed E-state index contributed by atoms with van der Waals surface area (Å²) in [5.41, 5.74) is 5.84. The normalized spacial score (nSPS) is 16.1. The van der Waals surface area contributed by atoms with Gasteiger partial charge in [-0.3, -0.25) is 14.4 Å². The minimum atomic E-state index is -1.23. The Bertz CT molecular complexity index is 863. The van der Waals surface area contributed by atoms with Gasteiger partial charge in [0.15, 0.2) is 0 Å². The van der Waals surface area contributed by atoms with Crippen molar-refractivity contribution in [2.75, 3.05) is 5.32 Å². The smallest absolute Gasteiger partial charge is 0.289 e. The van der Waals surface area contributed by atoms with Crippen molar-refractivity contribution < 1.29 is 19.1 Å². The molecule has 1 aromatic carbocycles. The molecule has 3 amide bonds. The lowest BCUT2D eigenvalue weighted by Crippen LogP contribution is -2.42. The van der Waals surface area contributed by atoms with E-state index in [0.29, 0.717) is 10.6 Å². The summed E-state index contributed by atoms with van der Waals surface area (Å²) in [6, 6.07) is 9.74.